The minimum atomic E-state index is -0.0983. The number of carbonyl (C=O) groups is 1. The van der Waals surface area contributed by atoms with Crippen molar-refractivity contribution in [2.75, 3.05) is 19.7 Å². The van der Waals surface area contributed by atoms with Gasteiger partial charge in [0.1, 0.15) is 6.33 Å². The average Bonchev–Trinajstić information content (AvgIpc) is 3.21. The quantitative estimate of drug-likeness (QED) is 0.903. The van der Waals surface area contributed by atoms with Crippen molar-refractivity contribution in [2.45, 2.75) is 20.3 Å². The monoisotopic (exact) mass is 326 g/mol. The van der Waals surface area contributed by atoms with Gasteiger partial charge in [-0.25, -0.2) is 4.98 Å². The molecule has 0 radical (unpaired) electrons. The predicted molar refractivity (Wildman–Crippen MR) is 89.1 cm³/mol. The average molecular weight is 326 g/mol. The van der Waals surface area contributed by atoms with Crippen LogP contribution in [0.2, 0.25) is 0 Å². The zero-order valence-corrected chi connectivity index (χ0v) is 14.0. The maximum Gasteiger partial charge on any atom is 0.253 e. The van der Waals surface area contributed by atoms with Gasteiger partial charge in [0.2, 0.25) is 0 Å². The van der Waals surface area contributed by atoms with Crippen molar-refractivity contribution in [1.29, 1.82) is 0 Å². The van der Waals surface area contributed by atoms with Gasteiger partial charge < -0.3 is 10.0 Å². The van der Waals surface area contributed by atoms with Gasteiger partial charge >= 0.3 is 0 Å². The molecule has 1 saturated carbocycles. The van der Waals surface area contributed by atoms with Gasteiger partial charge in [-0.3, -0.25) is 9.89 Å². The summed E-state index contributed by atoms with van der Waals surface area (Å²) in [6.45, 7) is 6.00. The second kappa shape index (κ2) is 5.14. The molecule has 6 nitrogen and oxygen atoms in total. The summed E-state index contributed by atoms with van der Waals surface area (Å²) < 4.78 is 0. The maximum atomic E-state index is 12.8. The summed E-state index contributed by atoms with van der Waals surface area (Å²) in [7, 11) is 0. The lowest BCUT2D eigenvalue weighted by molar-refractivity contribution is -0.0976. The molecule has 1 aromatic carbocycles. The number of nitrogens with zero attached hydrogens (tertiary/aromatic N) is 3. The highest BCUT2D eigenvalue weighted by molar-refractivity contribution is 5.95. The summed E-state index contributed by atoms with van der Waals surface area (Å²) in [6, 6.07) is 7.42. The van der Waals surface area contributed by atoms with Crippen molar-refractivity contribution in [3.8, 4) is 11.4 Å². The van der Waals surface area contributed by atoms with Crippen LogP contribution in [-0.2, 0) is 0 Å². The molecule has 0 spiro atoms. The summed E-state index contributed by atoms with van der Waals surface area (Å²) in [5.74, 6) is 1.11. The van der Waals surface area contributed by atoms with E-state index in [0.29, 0.717) is 23.9 Å². The number of aromatic nitrogens is 3. The smallest absolute Gasteiger partial charge is 0.253 e. The molecule has 2 aliphatic rings. The number of aliphatic hydroxyl groups excluding tert-OH is 1. The van der Waals surface area contributed by atoms with E-state index in [9.17, 15) is 9.90 Å². The first kappa shape index (κ1) is 15.3. The van der Waals surface area contributed by atoms with Crippen LogP contribution in [0.5, 0.6) is 0 Å². The highest BCUT2D eigenvalue weighted by atomic mass is 16.3. The van der Waals surface area contributed by atoms with Crippen molar-refractivity contribution in [2.24, 2.45) is 16.7 Å². The third kappa shape index (κ3) is 2.17. The molecule has 1 amide bonds. The Morgan fingerprint density at radius 2 is 2.12 bits per heavy atom. The number of hydrogen-bond acceptors (Lipinski definition) is 4. The summed E-state index contributed by atoms with van der Waals surface area (Å²) in [5.41, 5.74) is 1.68. The molecule has 2 atom stereocenters. The number of fused-ring (bicyclic) bond motifs is 1. The second-order valence-electron chi connectivity index (χ2n) is 7.84. The van der Waals surface area contributed by atoms with Gasteiger partial charge in [0, 0.05) is 29.6 Å². The fourth-order valence-corrected chi connectivity index (χ4v) is 4.79. The number of hydrogen-bond donors (Lipinski definition) is 2. The molecule has 0 bridgehead atoms. The lowest BCUT2D eigenvalue weighted by Crippen LogP contribution is -2.54. The number of H-pyrrole nitrogens is 1. The van der Waals surface area contributed by atoms with Crippen LogP contribution >= 0.6 is 0 Å². The number of carbonyl (C=O) groups excluding carboxylic acids is 1. The first-order chi connectivity index (χ1) is 11.5. The topological polar surface area (TPSA) is 82.1 Å². The molecule has 1 aromatic heterocycles. The van der Waals surface area contributed by atoms with E-state index in [4.69, 9.17) is 0 Å². The number of amides is 1. The standard InChI is InChI=1S/C18H22N4O2/c1-17(2)8-18(10-23)9-22(7-14(17)18)16(24)13-5-3-12(4-6-13)15-19-11-20-21-15/h3-6,11,14,23H,7-10H2,1-2H3,(H,19,20,21)/t14-,18-/m1/s1. The molecular weight excluding hydrogens is 304 g/mol. The predicted octanol–water partition coefficient (Wildman–Crippen LogP) is 1.95. The second-order valence-corrected chi connectivity index (χ2v) is 7.84. The van der Waals surface area contributed by atoms with E-state index in [1.807, 2.05) is 29.2 Å². The van der Waals surface area contributed by atoms with Crippen molar-refractivity contribution < 1.29 is 9.90 Å². The summed E-state index contributed by atoms with van der Waals surface area (Å²) in [6.07, 6.45) is 2.44. The number of rotatable bonds is 3. The van der Waals surface area contributed by atoms with Gasteiger partial charge in [-0.2, -0.15) is 5.10 Å². The molecule has 2 N–H and O–H groups in total. The number of likely N-dealkylation sites (tertiary alicyclic amines) is 1. The first-order valence-corrected chi connectivity index (χ1v) is 8.31. The normalized spacial score (nSPS) is 27.6. The van der Waals surface area contributed by atoms with Gasteiger partial charge in [-0.05, 0) is 29.9 Å². The zero-order valence-electron chi connectivity index (χ0n) is 14.0. The summed E-state index contributed by atoms with van der Waals surface area (Å²) in [4.78, 5) is 18.9. The molecule has 2 aromatic rings. The van der Waals surface area contributed by atoms with E-state index >= 15 is 0 Å². The fourth-order valence-electron chi connectivity index (χ4n) is 4.79. The molecule has 6 heteroatoms. The van der Waals surface area contributed by atoms with Crippen LogP contribution in [0, 0.1) is 16.7 Å². The fraction of sp³-hybridized carbons (Fsp3) is 0.500. The van der Waals surface area contributed by atoms with Gasteiger partial charge in [-0.15, -0.1) is 0 Å². The third-order valence-corrected chi connectivity index (χ3v) is 5.82. The maximum absolute atomic E-state index is 12.8. The van der Waals surface area contributed by atoms with E-state index in [-0.39, 0.29) is 23.3 Å². The third-order valence-electron chi connectivity index (χ3n) is 5.82. The summed E-state index contributed by atoms with van der Waals surface area (Å²) in [5, 5.41) is 16.5. The van der Waals surface area contributed by atoms with Crippen molar-refractivity contribution in [3.05, 3.63) is 36.2 Å². The minimum Gasteiger partial charge on any atom is -0.396 e. The largest absolute Gasteiger partial charge is 0.396 e. The Hall–Kier alpha value is -2.21. The van der Waals surface area contributed by atoms with Crippen LogP contribution in [0.1, 0.15) is 30.6 Å². The van der Waals surface area contributed by atoms with Crippen LogP contribution in [0.15, 0.2) is 30.6 Å². The van der Waals surface area contributed by atoms with Crippen LogP contribution in [0.25, 0.3) is 11.4 Å². The Morgan fingerprint density at radius 3 is 2.67 bits per heavy atom. The van der Waals surface area contributed by atoms with Gasteiger partial charge in [0.25, 0.3) is 5.91 Å². The Bertz CT molecular complexity index is 754. The molecule has 1 aliphatic heterocycles. The Kier molecular flexibility index (Phi) is 3.28. The molecule has 1 aliphatic carbocycles. The van der Waals surface area contributed by atoms with E-state index in [1.54, 1.807) is 0 Å². The van der Waals surface area contributed by atoms with Crippen LogP contribution < -0.4 is 0 Å². The van der Waals surface area contributed by atoms with Crippen molar-refractivity contribution >= 4 is 5.91 Å². The van der Waals surface area contributed by atoms with Crippen LogP contribution in [0.4, 0.5) is 0 Å². The molecular formula is C18H22N4O2. The highest BCUT2D eigenvalue weighted by Crippen LogP contribution is 2.62. The Morgan fingerprint density at radius 1 is 1.38 bits per heavy atom. The molecule has 0 unspecified atom stereocenters. The lowest BCUT2D eigenvalue weighted by Gasteiger charge is -2.55. The minimum absolute atomic E-state index is 0.0390. The number of aliphatic hydroxyl groups is 1. The van der Waals surface area contributed by atoms with Crippen LogP contribution in [0.3, 0.4) is 0 Å². The molecule has 1 saturated heterocycles. The Balaban J connectivity index is 1.53. The Labute approximate surface area is 140 Å². The highest BCUT2D eigenvalue weighted by Gasteiger charge is 2.63. The summed E-state index contributed by atoms with van der Waals surface area (Å²) >= 11 is 0. The zero-order chi connectivity index (χ0) is 16.9. The molecule has 2 heterocycles. The number of aromatic amines is 1. The molecule has 24 heavy (non-hydrogen) atoms. The van der Waals surface area contributed by atoms with Gasteiger partial charge in [0.05, 0.1) is 6.61 Å². The number of nitrogens with one attached hydrogen (secondary N) is 1. The number of benzene rings is 1. The SMILES string of the molecule is CC1(C)C[C@]2(CO)CN(C(=O)c3ccc(-c4ncn[nH]4)cc3)C[C@H]12. The van der Waals surface area contributed by atoms with E-state index in [1.165, 1.54) is 6.33 Å². The van der Waals surface area contributed by atoms with Crippen molar-refractivity contribution in [1.82, 2.24) is 20.1 Å². The van der Waals surface area contributed by atoms with Crippen molar-refractivity contribution in [3.63, 3.8) is 0 Å². The van der Waals surface area contributed by atoms with E-state index < -0.39 is 0 Å². The first-order valence-electron chi connectivity index (χ1n) is 8.31. The van der Waals surface area contributed by atoms with E-state index in [2.05, 4.69) is 29.0 Å². The molecule has 126 valence electrons. The molecule has 4 rings (SSSR count). The van der Waals surface area contributed by atoms with Gasteiger partial charge in [-0.1, -0.05) is 26.0 Å². The van der Waals surface area contributed by atoms with E-state index in [0.717, 1.165) is 18.5 Å². The molecule has 2 fully saturated rings. The van der Waals surface area contributed by atoms with Crippen LogP contribution in [-0.4, -0.2) is 50.8 Å². The lowest BCUT2D eigenvalue weighted by atomic mass is 9.48. The van der Waals surface area contributed by atoms with Gasteiger partial charge in [0.15, 0.2) is 5.82 Å².